The maximum absolute atomic E-state index is 12.3. The van der Waals surface area contributed by atoms with Crippen LogP contribution in [0.2, 0.25) is 0 Å². The number of likely N-dealkylation sites (tertiary alicyclic amines) is 1. The zero-order chi connectivity index (χ0) is 15.2. The van der Waals surface area contributed by atoms with E-state index >= 15 is 0 Å². The molecule has 0 aliphatic carbocycles. The number of carbonyl (C=O) groups is 2. The predicted molar refractivity (Wildman–Crippen MR) is 85.5 cm³/mol. The fourth-order valence-electron chi connectivity index (χ4n) is 2.70. The van der Waals surface area contributed by atoms with E-state index in [1.165, 1.54) is 11.3 Å². The number of hydrogen-bond donors (Lipinski definition) is 0. The molecule has 116 valence electrons. The number of amides is 2. The molecule has 4 nitrogen and oxygen atoms in total. The summed E-state index contributed by atoms with van der Waals surface area (Å²) in [6, 6.07) is 3.76. The number of unbranched alkanes of at least 4 members (excludes halogenated alkanes) is 1. The van der Waals surface area contributed by atoms with E-state index in [0.717, 1.165) is 37.1 Å². The van der Waals surface area contributed by atoms with Crippen molar-refractivity contribution < 1.29 is 9.59 Å². The van der Waals surface area contributed by atoms with Crippen LogP contribution in [0.4, 0.5) is 0 Å². The van der Waals surface area contributed by atoms with Gasteiger partial charge in [-0.1, -0.05) is 19.4 Å². The predicted octanol–water partition coefficient (Wildman–Crippen LogP) is 2.86. The number of rotatable bonds is 5. The molecule has 0 bridgehead atoms. The molecule has 1 saturated heterocycles. The van der Waals surface area contributed by atoms with Crippen molar-refractivity contribution in [1.29, 1.82) is 0 Å². The summed E-state index contributed by atoms with van der Waals surface area (Å²) >= 11 is 1.48. The van der Waals surface area contributed by atoms with Crippen molar-refractivity contribution in [2.24, 2.45) is 5.92 Å². The largest absolute Gasteiger partial charge is 0.346 e. The molecule has 0 atom stereocenters. The van der Waals surface area contributed by atoms with Gasteiger partial charge in [-0.3, -0.25) is 9.59 Å². The van der Waals surface area contributed by atoms with Gasteiger partial charge in [-0.05, 0) is 30.7 Å². The lowest BCUT2D eigenvalue weighted by Crippen LogP contribution is -2.43. The van der Waals surface area contributed by atoms with E-state index in [4.69, 9.17) is 0 Å². The topological polar surface area (TPSA) is 40.6 Å². The van der Waals surface area contributed by atoms with Gasteiger partial charge in [0.05, 0.1) is 4.88 Å². The monoisotopic (exact) mass is 308 g/mol. The Morgan fingerprint density at radius 3 is 2.67 bits per heavy atom. The van der Waals surface area contributed by atoms with Gasteiger partial charge in [-0.15, -0.1) is 11.3 Å². The highest BCUT2D eigenvalue weighted by Gasteiger charge is 2.29. The number of carbonyl (C=O) groups excluding carboxylic acids is 2. The molecule has 0 saturated carbocycles. The second kappa shape index (κ2) is 7.59. The molecule has 0 aromatic carbocycles. The van der Waals surface area contributed by atoms with Crippen LogP contribution in [-0.2, 0) is 4.79 Å². The van der Waals surface area contributed by atoms with Crippen LogP contribution >= 0.6 is 11.3 Å². The SMILES string of the molecule is CCCCN(C)C(=O)C1CCN(C(=O)c2cccs2)CC1. The first-order chi connectivity index (χ1) is 10.1. The van der Waals surface area contributed by atoms with E-state index in [1.807, 2.05) is 34.4 Å². The molecule has 1 aromatic rings. The second-order valence-electron chi connectivity index (χ2n) is 5.66. The van der Waals surface area contributed by atoms with Crippen molar-refractivity contribution >= 4 is 23.2 Å². The molecule has 0 spiro atoms. The second-order valence-corrected chi connectivity index (χ2v) is 6.60. The quantitative estimate of drug-likeness (QED) is 0.839. The van der Waals surface area contributed by atoms with Crippen LogP contribution in [0.25, 0.3) is 0 Å². The Bertz CT molecular complexity index is 465. The molecule has 1 aliphatic rings. The molecule has 1 aliphatic heterocycles. The maximum Gasteiger partial charge on any atom is 0.263 e. The molecular weight excluding hydrogens is 284 g/mol. The number of nitrogens with zero attached hydrogens (tertiary/aromatic N) is 2. The maximum atomic E-state index is 12.3. The van der Waals surface area contributed by atoms with Crippen molar-refractivity contribution in [2.45, 2.75) is 32.6 Å². The van der Waals surface area contributed by atoms with Crippen LogP contribution in [-0.4, -0.2) is 48.3 Å². The van der Waals surface area contributed by atoms with E-state index in [0.29, 0.717) is 13.1 Å². The minimum Gasteiger partial charge on any atom is -0.346 e. The van der Waals surface area contributed by atoms with E-state index in [9.17, 15) is 9.59 Å². The first-order valence-corrected chi connectivity index (χ1v) is 8.59. The lowest BCUT2D eigenvalue weighted by molar-refractivity contribution is -0.135. The van der Waals surface area contributed by atoms with Crippen molar-refractivity contribution in [3.8, 4) is 0 Å². The van der Waals surface area contributed by atoms with Gasteiger partial charge in [0.1, 0.15) is 0 Å². The zero-order valence-electron chi connectivity index (χ0n) is 12.9. The van der Waals surface area contributed by atoms with Crippen LogP contribution in [0.1, 0.15) is 42.3 Å². The zero-order valence-corrected chi connectivity index (χ0v) is 13.7. The van der Waals surface area contributed by atoms with Crippen molar-refractivity contribution in [1.82, 2.24) is 9.80 Å². The van der Waals surface area contributed by atoms with Crippen LogP contribution in [0.15, 0.2) is 17.5 Å². The highest BCUT2D eigenvalue weighted by Crippen LogP contribution is 2.22. The third-order valence-electron chi connectivity index (χ3n) is 4.09. The normalized spacial score (nSPS) is 16.0. The van der Waals surface area contributed by atoms with Crippen LogP contribution in [0.3, 0.4) is 0 Å². The molecule has 2 heterocycles. The fourth-order valence-corrected chi connectivity index (χ4v) is 3.39. The number of thiophene rings is 1. The smallest absolute Gasteiger partial charge is 0.263 e. The Hall–Kier alpha value is -1.36. The van der Waals surface area contributed by atoms with Gasteiger partial charge in [0.15, 0.2) is 0 Å². The molecule has 0 radical (unpaired) electrons. The van der Waals surface area contributed by atoms with Gasteiger partial charge in [-0.25, -0.2) is 0 Å². The van der Waals surface area contributed by atoms with Gasteiger partial charge in [-0.2, -0.15) is 0 Å². The average Bonchev–Trinajstić information content (AvgIpc) is 3.05. The lowest BCUT2D eigenvalue weighted by Gasteiger charge is -2.33. The first-order valence-electron chi connectivity index (χ1n) is 7.71. The summed E-state index contributed by atoms with van der Waals surface area (Å²) in [6.07, 6.45) is 3.72. The van der Waals surface area contributed by atoms with Gasteiger partial charge >= 0.3 is 0 Å². The summed E-state index contributed by atoms with van der Waals surface area (Å²) in [5, 5.41) is 1.92. The van der Waals surface area contributed by atoms with Crippen molar-refractivity contribution in [3.63, 3.8) is 0 Å². The Labute approximate surface area is 130 Å². The molecule has 2 amide bonds. The van der Waals surface area contributed by atoms with Crippen LogP contribution in [0, 0.1) is 5.92 Å². The summed E-state index contributed by atoms with van der Waals surface area (Å²) in [7, 11) is 1.89. The highest BCUT2D eigenvalue weighted by atomic mass is 32.1. The van der Waals surface area contributed by atoms with Crippen LogP contribution < -0.4 is 0 Å². The van der Waals surface area contributed by atoms with Gasteiger partial charge in [0.25, 0.3) is 5.91 Å². The molecule has 21 heavy (non-hydrogen) atoms. The molecule has 5 heteroatoms. The lowest BCUT2D eigenvalue weighted by atomic mass is 9.95. The van der Waals surface area contributed by atoms with E-state index < -0.39 is 0 Å². The summed E-state index contributed by atoms with van der Waals surface area (Å²) in [6.45, 7) is 4.35. The Balaban J connectivity index is 1.83. The molecule has 1 fully saturated rings. The molecule has 0 N–H and O–H groups in total. The van der Waals surface area contributed by atoms with E-state index in [1.54, 1.807) is 0 Å². The summed E-state index contributed by atoms with van der Waals surface area (Å²) in [5.41, 5.74) is 0. The van der Waals surface area contributed by atoms with E-state index in [2.05, 4.69) is 6.92 Å². The minimum absolute atomic E-state index is 0.0826. The Morgan fingerprint density at radius 1 is 1.38 bits per heavy atom. The molecular formula is C16H24N2O2S. The van der Waals surface area contributed by atoms with Gasteiger partial charge in [0, 0.05) is 32.6 Å². The van der Waals surface area contributed by atoms with Gasteiger partial charge < -0.3 is 9.80 Å². The summed E-state index contributed by atoms with van der Waals surface area (Å²) in [4.78, 5) is 29.1. The average molecular weight is 308 g/mol. The summed E-state index contributed by atoms with van der Waals surface area (Å²) in [5.74, 6) is 0.432. The molecule has 2 rings (SSSR count). The Kier molecular flexibility index (Phi) is 5.79. The molecule has 0 unspecified atom stereocenters. The van der Waals surface area contributed by atoms with Gasteiger partial charge in [0.2, 0.25) is 5.91 Å². The number of piperidine rings is 1. The third-order valence-corrected chi connectivity index (χ3v) is 4.94. The standard InChI is InChI=1S/C16H24N2O2S/c1-3-4-9-17(2)15(19)13-7-10-18(11-8-13)16(20)14-6-5-12-21-14/h5-6,12-13H,3-4,7-11H2,1-2H3. The van der Waals surface area contributed by atoms with Crippen molar-refractivity contribution in [2.75, 3.05) is 26.7 Å². The first kappa shape index (κ1) is 16.0. The number of hydrogen-bond acceptors (Lipinski definition) is 3. The minimum atomic E-state index is 0.0826. The third kappa shape index (κ3) is 4.06. The fraction of sp³-hybridized carbons (Fsp3) is 0.625. The van der Waals surface area contributed by atoms with E-state index in [-0.39, 0.29) is 17.7 Å². The highest BCUT2D eigenvalue weighted by molar-refractivity contribution is 7.12. The van der Waals surface area contributed by atoms with Crippen LogP contribution in [0.5, 0.6) is 0 Å². The summed E-state index contributed by atoms with van der Waals surface area (Å²) < 4.78 is 0. The molecule has 1 aromatic heterocycles. The Morgan fingerprint density at radius 2 is 2.10 bits per heavy atom. The van der Waals surface area contributed by atoms with Crippen molar-refractivity contribution in [3.05, 3.63) is 22.4 Å².